The first-order valence-corrected chi connectivity index (χ1v) is 7.14. The number of benzene rings is 1. The standard InChI is InChI=1S/C16H20FN3O/c1-19-11-18-15-9-20(8-13(10-21-2)16(15)19)7-12-5-3-4-6-14(12)17/h3-6,11,13H,7-10H2,1-2H3. The van der Waals surface area contributed by atoms with Gasteiger partial charge in [-0.25, -0.2) is 9.37 Å². The first-order chi connectivity index (χ1) is 10.2. The molecule has 0 N–H and O–H groups in total. The van der Waals surface area contributed by atoms with Gasteiger partial charge in [0.05, 0.1) is 18.6 Å². The third kappa shape index (κ3) is 2.84. The summed E-state index contributed by atoms with van der Waals surface area (Å²) in [6, 6.07) is 6.95. The van der Waals surface area contributed by atoms with E-state index in [1.807, 2.05) is 25.5 Å². The number of hydrogen-bond acceptors (Lipinski definition) is 3. The van der Waals surface area contributed by atoms with Crippen molar-refractivity contribution >= 4 is 0 Å². The van der Waals surface area contributed by atoms with Gasteiger partial charge in [-0.15, -0.1) is 0 Å². The van der Waals surface area contributed by atoms with Gasteiger partial charge in [-0.1, -0.05) is 18.2 Å². The van der Waals surface area contributed by atoms with Gasteiger partial charge in [-0.05, 0) is 6.07 Å². The van der Waals surface area contributed by atoms with Crippen molar-refractivity contribution in [2.24, 2.45) is 7.05 Å². The Morgan fingerprint density at radius 3 is 2.95 bits per heavy atom. The Hall–Kier alpha value is -1.72. The second kappa shape index (κ2) is 5.95. The van der Waals surface area contributed by atoms with Crippen LogP contribution in [0.4, 0.5) is 4.39 Å². The average molecular weight is 289 g/mol. The van der Waals surface area contributed by atoms with Gasteiger partial charge in [0.15, 0.2) is 0 Å². The smallest absolute Gasteiger partial charge is 0.127 e. The summed E-state index contributed by atoms with van der Waals surface area (Å²) >= 11 is 0. The summed E-state index contributed by atoms with van der Waals surface area (Å²) in [7, 11) is 3.73. The fourth-order valence-electron chi connectivity index (χ4n) is 3.13. The summed E-state index contributed by atoms with van der Waals surface area (Å²) in [4.78, 5) is 6.71. The van der Waals surface area contributed by atoms with Crippen molar-refractivity contribution in [3.05, 3.63) is 53.4 Å². The number of imidazole rings is 1. The van der Waals surface area contributed by atoms with Crippen molar-refractivity contribution in [1.29, 1.82) is 0 Å². The maximum atomic E-state index is 13.8. The molecule has 1 aromatic carbocycles. The molecule has 0 radical (unpaired) electrons. The molecule has 1 aliphatic heterocycles. The number of aromatic nitrogens is 2. The van der Waals surface area contributed by atoms with E-state index in [2.05, 4.69) is 14.5 Å². The van der Waals surface area contributed by atoms with E-state index in [0.717, 1.165) is 24.3 Å². The van der Waals surface area contributed by atoms with Gasteiger partial charge in [0.1, 0.15) is 5.82 Å². The summed E-state index contributed by atoms with van der Waals surface area (Å²) in [5.74, 6) is 0.130. The molecule has 0 saturated heterocycles. The van der Waals surface area contributed by atoms with Crippen LogP contribution in [0.15, 0.2) is 30.6 Å². The van der Waals surface area contributed by atoms with Gasteiger partial charge in [0, 0.05) is 51.0 Å². The highest BCUT2D eigenvalue weighted by atomic mass is 19.1. The van der Waals surface area contributed by atoms with E-state index >= 15 is 0 Å². The van der Waals surface area contributed by atoms with E-state index in [9.17, 15) is 4.39 Å². The summed E-state index contributed by atoms with van der Waals surface area (Å²) in [5.41, 5.74) is 3.04. The lowest BCUT2D eigenvalue weighted by molar-refractivity contribution is 0.131. The lowest BCUT2D eigenvalue weighted by Crippen LogP contribution is -2.36. The summed E-state index contributed by atoms with van der Waals surface area (Å²) in [6.07, 6.45) is 1.85. The Balaban J connectivity index is 1.82. The molecule has 1 atom stereocenters. The van der Waals surface area contributed by atoms with Crippen LogP contribution < -0.4 is 0 Å². The second-order valence-corrected chi connectivity index (χ2v) is 5.60. The van der Waals surface area contributed by atoms with Crippen molar-refractivity contribution in [3.8, 4) is 0 Å². The average Bonchev–Trinajstić information content (AvgIpc) is 2.83. The summed E-state index contributed by atoms with van der Waals surface area (Å²) in [6.45, 7) is 2.86. The zero-order valence-electron chi connectivity index (χ0n) is 12.4. The molecule has 0 spiro atoms. The SMILES string of the molecule is COCC1CN(Cc2ccccc2F)Cc2ncn(C)c21. The maximum Gasteiger partial charge on any atom is 0.127 e. The highest BCUT2D eigenvalue weighted by Crippen LogP contribution is 2.28. The van der Waals surface area contributed by atoms with Gasteiger partial charge in [-0.2, -0.15) is 0 Å². The minimum atomic E-state index is -0.146. The van der Waals surface area contributed by atoms with E-state index in [0.29, 0.717) is 13.2 Å². The third-order valence-corrected chi connectivity index (χ3v) is 4.02. The van der Waals surface area contributed by atoms with Crippen LogP contribution in [0.5, 0.6) is 0 Å². The third-order valence-electron chi connectivity index (χ3n) is 4.02. The van der Waals surface area contributed by atoms with E-state index in [1.165, 1.54) is 11.8 Å². The zero-order chi connectivity index (χ0) is 14.8. The van der Waals surface area contributed by atoms with Crippen molar-refractivity contribution in [1.82, 2.24) is 14.5 Å². The number of methoxy groups -OCH3 is 1. The Morgan fingerprint density at radius 2 is 2.19 bits per heavy atom. The number of fused-ring (bicyclic) bond motifs is 1. The summed E-state index contributed by atoms with van der Waals surface area (Å²) < 4.78 is 21.2. The highest BCUT2D eigenvalue weighted by molar-refractivity contribution is 5.23. The van der Waals surface area contributed by atoms with Crippen molar-refractivity contribution < 1.29 is 9.13 Å². The maximum absolute atomic E-state index is 13.8. The molecule has 0 bridgehead atoms. The van der Waals surface area contributed by atoms with E-state index in [4.69, 9.17) is 4.74 Å². The lowest BCUT2D eigenvalue weighted by atomic mass is 9.98. The fourth-order valence-corrected chi connectivity index (χ4v) is 3.13. The Kier molecular flexibility index (Phi) is 4.03. The first kappa shape index (κ1) is 14.2. The number of ether oxygens (including phenoxy) is 1. The second-order valence-electron chi connectivity index (χ2n) is 5.60. The zero-order valence-corrected chi connectivity index (χ0v) is 12.4. The molecule has 0 aliphatic carbocycles. The quantitative estimate of drug-likeness (QED) is 0.865. The molecular weight excluding hydrogens is 269 g/mol. The molecule has 21 heavy (non-hydrogen) atoms. The van der Waals surface area contributed by atoms with Crippen molar-refractivity contribution in [3.63, 3.8) is 0 Å². The van der Waals surface area contributed by atoms with Gasteiger partial charge in [0.25, 0.3) is 0 Å². The Morgan fingerprint density at radius 1 is 1.38 bits per heavy atom. The number of hydrogen-bond donors (Lipinski definition) is 0. The van der Waals surface area contributed by atoms with Crippen LogP contribution in [0.25, 0.3) is 0 Å². The minimum absolute atomic E-state index is 0.146. The van der Waals surface area contributed by atoms with Gasteiger partial charge >= 0.3 is 0 Å². The molecule has 1 aliphatic rings. The molecule has 1 aromatic heterocycles. The number of halogens is 1. The molecule has 4 nitrogen and oxygen atoms in total. The van der Waals surface area contributed by atoms with Crippen molar-refractivity contribution in [2.75, 3.05) is 20.3 Å². The van der Waals surface area contributed by atoms with Crippen molar-refractivity contribution in [2.45, 2.75) is 19.0 Å². The summed E-state index contributed by atoms with van der Waals surface area (Å²) in [5, 5.41) is 0. The molecule has 5 heteroatoms. The number of aryl methyl sites for hydroxylation is 1. The fraction of sp³-hybridized carbons (Fsp3) is 0.438. The lowest BCUT2D eigenvalue weighted by Gasteiger charge is -2.32. The van der Waals surface area contributed by atoms with Gasteiger partial charge < -0.3 is 9.30 Å². The normalized spacial score (nSPS) is 18.7. The highest BCUT2D eigenvalue weighted by Gasteiger charge is 2.29. The molecule has 112 valence electrons. The largest absolute Gasteiger partial charge is 0.384 e. The van der Waals surface area contributed by atoms with E-state index < -0.39 is 0 Å². The van der Waals surface area contributed by atoms with Crippen LogP contribution in [0.3, 0.4) is 0 Å². The van der Waals surface area contributed by atoms with Crippen LogP contribution in [0, 0.1) is 5.82 Å². The topological polar surface area (TPSA) is 30.3 Å². The van der Waals surface area contributed by atoms with Crippen LogP contribution in [0.2, 0.25) is 0 Å². The Labute approximate surface area is 124 Å². The Bertz CT molecular complexity index is 626. The molecule has 0 fully saturated rings. The van der Waals surface area contributed by atoms with E-state index in [1.54, 1.807) is 13.2 Å². The van der Waals surface area contributed by atoms with Gasteiger partial charge in [0.2, 0.25) is 0 Å². The molecular formula is C16H20FN3O. The van der Waals surface area contributed by atoms with Gasteiger partial charge in [-0.3, -0.25) is 4.90 Å². The molecule has 1 unspecified atom stereocenters. The minimum Gasteiger partial charge on any atom is -0.384 e. The van der Waals surface area contributed by atoms with Crippen LogP contribution in [-0.4, -0.2) is 34.7 Å². The first-order valence-electron chi connectivity index (χ1n) is 7.14. The predicted molar refractivity (Wildman–Crippen MR) is 78.3 cm³/mol. The monoisotopic (exact) mass is 289 g/mol. The van der Waals surface area contributed by atoms with E-state index in [-0.39, 0.29) is 11.7 Å². The molecule has 2 heterocycles. The molecule has 0 saturated carbocycles. The number of nitrogens with zero attached hydrogens (tertiary/aromatic N) is 3. The predicted octanol–water partition coefficient (Wildman–Crippen LogP) is 2.31. The molecule has 3 rings (SSSR count). The molecule has 0 amide bonds. The van der Waals surface area contributed by atoms with Crippen LogP contribution in [-0.2, 0) is 24.9 Å². The molecule has 2 aromatic rings. The number of rotatable bonds is 4. The van der Waals surface area contributed by atoms with Crippen LogP contribution >= 0.6 is 0 Å². The van der Waals surface area contributed by atoms with Crippen LogP contribution in [0.1, 0.15) is 22.9 Å².